The van der Waals surface area contributed by atoms with Crippen molar-refractivity contribution in [1.82, 2.24) is 0 Å². The Morgan fingerprint density at radius 3 is 2.67 bits per heavy atom. The lowest BCUT2D eigenvalue weighted by Gasteiger charge is -1.70. The summed E-state index contributed by atoms with van der Waals surface area (Å²) in [4.78, 5) is 0. The van der Waals surface area contributed by atoms with Crippen LogP contribution in [0.1, 0.15) is 0 Å². The van der Waals surface area contributed by atoms with Crippen molar-refractivity contribution in [3.8, 4) is 0 Å². The summed E-state index contributed by atoms with van der Waals surface area (Å²) in [5, 5.41) is 0. The van der Waals surface area contributed by atoms with Gasteiger partial charge in [-0.25, -0.2) is 0 Å². The summed E-state index contributed by atoms with van der Waals surface area (Å²) in [6.45, 7) is 0. The zero-order chi connectivity index (χ0) is 4.41. The first-order valence-electron chi connectivity index (χ1n) is 1.68. The summed E-state index contributed by atoms with van der Waals surface area (Å²) < 4.78 is 4.61. The standard InChI is InChI=1S/C4H5NO/c5-4-2-1-3-6-4/h1-3H,5H2. The van der Waals surface area contributed by atoms with E-state index in [2.05, 4.69) is 4.42 Å². The van der Waals surface area contributed by atoms with Gasteiger partial charge in [0.2, 0.25) is 0 Å². The highest BCUT2D eigenvalue weighted by Crippen LogP contribution is 1.97. The van der Waals surface area contributed by atoms with Crippen LogP contribution >= 0.6 is 0 Å². The Bertz CT molecular complexity index is 111. The molecule has 0 saturated carbocycles. The monoisotopic (exact) mass is 83.0 g/mol. The summed E-state index contributed by atoms with van der Waals surface area (Å²) >= 11 is 0. The second kappa shape index (κ2) is 1.05. The number of anilines is 1. The van der Waals surface area contributed by atoms with Crippen molar-refractivity contribution < 1.29 is 4.42 Å². The van der Waals surface area contributed by atoms with Gasteiger partial charge in [-0.3, -0.25) is 0 Å². The van der Waals surface area contributed by atoms with Gasteiger partial charge in [-0.15, -0.1) is 0 Å². The lowest BCUT2D eigenvalue weighted by molar-refractivity contribution is 0.588. The first-order chi connectivity index (χ1) is 2.89. The molecule has 1 aromatic heterocycles. The molecule has 32 valence electrons. The fourth-order valence-corrected chi connectivity index (χ4v) is 0.291. The van der Waals surface area contributed by atoms with Crippen molar-refractivity contribution in [3.63, 3.8) is 0 Å². The van der Waals surface area contributed by atoms with E-state index in [-0.39, 0.29) is 0 Å². The molecule has 0 aliphatic carbocycles. The zero-order valence-corrected chi connectivity index (χ0v) is 3.22. The van der Waals surface area contributed by atoms with Gasteiger partial charge in [0, 0.05) is 6.07 Å². The molecule has 0 aromatic carbocycles. The summed E-state index contributed by atoms with van der Waals surface area (Å²) in [6, 6.07) is 3.44. The topological polar surface area (TPSA) is 39.2 Å². The molecule has 2 N–H and O–H groups in total. The van der Waals surface area contributed by atoms with Crippen molar-refractivity contribution in [2.75, 3.05) is 5.73 Å². The molecular formula is C4H5NO. The minimum atomic E-state index is 0.468. The van der Waals surface area contributed by atoms with Crippen molar-refractivity contribution in [3.05, 3.63) is 18.4 Å². The van der Waals surface area contributed by atoms with E-state index in [0.29, 0.717) is 5.88 Å². The predicted octanol–water partition coefficient (Wildman–Crippen LogP) is 0.862. The Morgan fingerprint density at radius 1 is 1.67 bits per heavy atom. The van der Waals surface area contributed by atoms with E-state index < -0.39 is 0 Å². The molecule has 2 nitrogen and oxygen atoms in total. The lowest BCUT2D eigenvalue weighted by Crippen LogP contribution is -1.74. The van der Waals surface area contributed by atoms with E-state index in [9.17, 15) is 0 Å². The van der Waals surface area contributed by atoms with Gasteiger partial charge in [-0.2, -0.15) is 0 Å². The van der Waals surface area contributed by atoms with Gasteiger partial charge >= 0.3 is 0 Å². The third-order valence-electron chi connectivity index (χ3n) is 0.543. The number of hydrogen-bond donors (Lipinski definition) is 1. The third-order valence-corrected chi connectivity index (χ3v) is 0.543. The number of furan rings is 1. The van der Waals surface area contributed by atoms with Crippen molar-refractivity contribution in [2.24, 2.45) is 0 Å². The molecule has 0 radical (unpaired) electrons. The molecular weight excluding hydrogens is 78.0 g/mol. The molecule has 0 aliphatic rings. The minimum Gasteiger partial charge on any atom is -0.449 e. The van der Waals surface area contributed by atoms with Gasteiger partial charge in [0.25, 0.3) is 0 Å². The predicted molar refractivity (Wildman–Crippen MR) is 23.1 cm³/mol. The van der Waals surface area contributed by atoms with E-state index in [0.717, 1.165) is 0 Å². The average molecular weight is 83.1 g/mol. The Hall–Kier alpha value is -0.920. The number of rotatable bonds is 0. The normalized spacial score (nSPS) is 8.67. The molecule has 0 saturated heterocycles. The van der Waals surface area contributed by atoms with Crippen LogP contribution in [0.5, 0.6) is 0 Å². The maximum atomic E-state index is 5.11. The Labute approximate surface area is 35.6 Å². The van der Waals surface area contributed by atoms with Gasteiger partial charge < -0.3 is 10.2 Å². The van der Waals surface area contributed by atoms with Crippen LogP contribution in [0.3, 0.4) is 0 Å². The largest absolute Gasteiger partial charge is 0.449 e. The maximum Gasteiger partial charge on any atom is 0.190 e. The second-order valence-corrected chi connectivity index (χ2v) is 1.02. The molecule has 2 heteroatoms. The van der Waals surface area contributed by atoms with Crippen molar-refractivity contribution >= 4 is 5.88 Å². The molecule has 0 unspecified atom stereocenters. The molecule has 1 heterocycles. The van der Waals surface area contributed by atoms with Crippen molar-refractivity contribution in [1.29, 1.82) is 0 Å². The summed E-state index contributed by atoms with van der Waals surface area (Å²) in [5.41, 5.74) is 5.11. The van der Waals surface area contributed by atoms with Crippen LogP contribution in [0.2, 0.25) is 0 Å². The number of hydrogen-bond acceptors (Lipinski definition) is 2. The fraction of sp³-hybridized carbons (Fsp3) is 0. The summed E-state index contributed by atoms with van der Waals surface area (Å²) in [5.74, 6) is 0.468. The lowest BCUT2D eigenvalue weighted by atomic mass is 10.6. The smallest absolute Gasteiger partial charge is 0.190 e. The fourth-order valence-electron chi connectivity index (χ4n) is 0.291. The second-order valence-electron chi connectivity index (χ2n) is 1.02. The number of nitrogens with two attached hydrogens (primary N) is 1. The van der Waals surface area contributed by atoms with Crippen LogP contribution in [0, 0.1) is 0 Å². The molecule has 0 amide bonds. The van der Waals surface area contributed by atoms with Gasteiger partial charge in [0.15, 0.2) is 5.88 Å². The molecule has 0 aliphatic heterocycles. The summed E-state index contributed by atoms with van der Waals surface area (Å²) in [7, 11) is 0. The molecule has 0 fully saturated rings. The highest BCUT2D eigenvalue weighted by Gasteiger charge is 1.76. The van der Waals surface area contributed by atoms with E-state index in [1.807, 2.05) is 0 Å². The highest BCUT2D eigenvalue weighted by atomic mass is 16.3. The van der Waals surface area contributed by atoms with E-state index in [1.54, 1.807) is 12.1 Å². The van der Waals surface area contributed by atoms with Crippen LogP contribution in [0.15, 0.2) is 22.8 Å². The molecule has 0 spiro atoms. The highest BCUT2D eigenvalue weighted by molar-refractivity contribution is 5.20. The Morgan fingerprint density at radius 2 is 2.50 bits per heavy atom. The summed E-state index contributed by atoms with van der Waals surface area (Å²) in [6.07, 6.45) is 1.54. The molecule has 6 heavy (non-hydrogen) atoms. The molecule has 1 rings (SSSR count). The van der Waals surface area contributed by atoms with E-state index in [4.69, 9.17) is 5.73 Å². The Balaban J connectivity index is 3.05. The van der Waals surface area contributed by atoms with Crippen LogP contribution in [-0.2, 0) is 0 Å². The van der Waals surface area contributed by atoms with Crippen LogP contribution < -0.4 is 5.73 Å². The first kappa shape index (κ1) is 3.28. The van der Waals surface area contributed by atoms with Gasteiger partial charge in [-0.05, 0) is 6.07 Å². The maximum absolute atomic E-state index is 5.11. The average Bonchev–Trinajstić information content (AvgIpc) is 1.86. The van der Waals surface area contributed by atoms with Crippen LogP contribution in [0.4, 0.5) is 5.88 Å². The van der Waals surface area contributed by atoms with E-state index >= 15 is 0 Å². The third kappa shape index (κ3) is 0.360. The van der Waals surface area contributed by atoms with Crippen LogP contribution in [-0.4, -0.2) is 0 Å². The van der Waals surface area contributed by atoms with Gasteiger partial charge in [-0.1, -0.05) is 0 Å². The van der Waals surface area contributed by atoms with E-state index in [1.165, 1.54) is 6.26 Å². The number of nitrogen functional groups attached to an aromatic ring is 1. The SMILES string of the molecule is Nc1ccco1. The molecule has 0 bridgehead atoms. The zero-order valence-electron chi connectivity index (χ0n) is 3.22. The van der Waals surface area contributed by atoms with Gasteiger partial charge in [0.1, 0.15) is 0 Å². The molecule has 1 aromatic rings. The quantitative estimate of drug-likeness (QED) is 0.505. The van der Waals surface area contributed by atoms with Gasteiger partial charge in [0.05, 0.1) is 6.26 Å². The first-order valence-corrected chi connectivity index (χ1v) is 1.68. The molecule has 0 atom stereocenters. The Kier molecular flexibility index (Phi) is 0.572. The van der Waals surface area contributed by atoms with Crippen LogP contribution in [0.25, 0.3) is 0 Å². The minimum absolute atomic E-state index is 0.468. The van der Waals surface area contributed by atoms with Crippen molar-refractivity contribution in [2.45, 2.75) is 0 Å².